The summed E-state index contributed by atoms with van der Waals surface area (Å²) in [6.45, 7) is 6.31. The van der Waals surface area contributed by atoms with E-state index in [1.807, 2.05) is 18.5 Å². The molecule has 3 aromatic rings. The average Bonchev–Trinajstić information content (AvgIpc) is 3.11. The van der Waals surface area contributed by atoms with E-state index in [0.29, 0.717) is 6.04 Å². The molecule has 1 fully saturated rings. The van der Waals surface area contributed by atoms with Crippen LogP contribution in [0, 0.1) is 0 Å². The van der Waals surface area contributed by atoms with Crippen LogP contribution in [0.1, 0.15) is 18.5 Å². The Kier molecular flexibility index (Phi) is 3.93. The van der Waals surface area contributed by atoms with E-state index in [1.54, 1.807) is 17.7 Å². The van der Waals surface area contributed by atoms with Crippen LogP contribution in [-0.2, 0) is 0 Å². The predicted octanol–water partition coefficient (Wildman–Crippen LogP) is 2.97. The highest BCUT2D eigenvalue weighted by Crippen LogP contribution is 2.28. The molecule has 0 aliphatic carbocycles. The lowest BCUT2D eigenvalue weighted by Gasteiger charge is -2.38. The highest BCUT2D eigenvalue weighted by Gasteiger charge is 2.24. The zero-order valence-electron chi connectivity index (χ0n) is 13.1. The van der Waals surface area contributed by atoms with Crippen molar-refractivity contribution in [2.75, 3.05) is 31.1 Å². The van der Waals surface area contributed by atoms with E-state index in [0.717, 1.165) is 36.8 Å². The van der Waals surface area contributed by atoms with Gasteiger partial charge >= 0.3 is 0 Å². The molecule has 1 aliphatic rings. The minimum Gasteiger partial charge on any atom is -0.353 e. The van der Waals surface area contributed by atoms with Crippen molar-refractivity contribution < 1.29 is 0 Å². The fourth-order valence-corrected chi connectivity index (χ4v) is 3.91. The second-order valence-corrected chi connectivity index (χ2v) is 6.72. The molecule has 23 heavy (non-hydrogen) atoms. The molecule has 1 saturated heterocycles. The first-order valence-corrected chi connectivity index (χ1v) is 8.78. The fraction of sp³-hybridized carbons (Fsp3) is 0.353. The van der Waals surface area contributed by atoms with Gasteiger partial charge in [0.15, 0.2) is 0 Å². The lowest BCUT2D eigenvalue weighted by atomic mass is 10.1. The van der Waals surface area contributed by atoms with Crippen molar-refractivity contribution in [1.82, 2.24) is 19.9 Å². The summed E-state index contributed by atoms with van der Waals surface area (Å²) in [5.74, 6) is 1.07. The Bertz CT molecular complexity index is 780. The number of thiophene rings is 1. The highest BCUT2D eigenvalue weighted by atomic mass is 32.1. The quantitative estimate of drug-likeness (QED) is 0.741. The van der Waals surface area contributed by atoms with Gasteiger partial charge in [0.05, 0.1) is 5.39 Å². The molecule has 1 unspecified atom stereocenters. The minimum absolute atomic E-state index is 0.400. The molecule has 1 aliphatic heterocycles. The largest absolute Gasteiger partial charge is 0.353 e. The highest BCUT2D eigenvalue weighted by molar-refractivity contribution is 7.16. The molecule has 1 atom stereocenters. The van der Waals surface area contributed by atoms with Crippen molar-refractivity contribution in [2.45, 2.75) is 13.0 Å². The van der Waals surface area contributed by atoms with Crippen molar-refractivity contribution in [3.05, 3.63) is 47.9 Å². The van der Waals surface area contributed by atoms with Crippen LogP contribution in [-0.4, -0.2) is 46.0 Å². The third-order valence-electron chi connectivity index (χ3n) is 4.57. The van der Waals surface area contributed by atoms with E-state index in [4.69, 9.17) is 0 Å². The summed E-state index contributed by atoms with van der Waals surface area (Å²) in [4.78, 5) is 19.1. The third-order valence-corrected chi connectivity index (χ3v) is 5.39. The number of fused-ring (bicyclic) bond motifs is 1. The standard InChI is InChI=1S/C17H19N5S/c1-13(14-3-2-5-18-11-14)21-6-8-22(9-7-21)16-15-4-10-23-17(15)20-12-19-16/h2-5,10-13H,6-9H2,1H3. The number of piperazine rings is 1. The molecule has 0 saturated carbocycles. The molecule has 4 heterocycles. The number of pyridine rings is 1. The van der Waals surface area contributed by atoms with Crippen molar-refractivity contribution in [3.8, 4) is 0 Å². The van der Waals surface area contributed by atoms with Crippen LogP contribution in [0.4, 0.5) is 5.82 Å². The Morgan fingerprint density at radius 1 is 1.13 bits per heavy atom. The van der Waals surface area contributed by atoms with Crippen LogP contribution in [0.3, 0.4) is 0 Å². The number of aromatic nitrogens is 3. The topological polar surface area (TPSA) is 45.2 Å². The molecule has 5 nitrogen and oxygen atoms in total. The van der Waals surface area contributed by atoms with E-state index >= 15 is 0 Å². The lowest BCUT2D eigenvalue weighted by molar-refractivity contribution is 0.198. The second-order valence-electron chi connectivity index (χ2n) is 5.82. The molecular formula is C17H19N5S. The summed E-state index contributed by atoms with van der Waals surface area (Å²) in [5.41, 5.74) is 1.28. The monoisotopic (exact) mass is 325 g/mol. The molecule has 0 radical (unpaired) electrons. The molecule has 0 amide bonds. The maximum absolute atomic E-state index is 4.52. The molecule has 4 rings (SSSR count). The Morgan fingerprint density at radius 2 is 2.00 bits per heavy atom. The van der Waals surface area contributed by atoms with Crippen molar-refractivity contribution in [3.63, 3.8) is 0 Å². The van der Waals surface area contributed by atoms with Gasteiger partial charge in [-0.25, -0.2) is 9.97 Å². The Morgan fingerprint density at radius 3 is 2.78 bits per heavy atom. The zero-order valence-corrected chi connectivity index (χ0v) is 13.9. The molecule has 0 bridgehead atoms. The van der Waals surface area contributed by atoms with Crippen LogP contribution in [0.25, 0.3) is 10.2 Å². The van der Waals surface area contributed by atoms with Gasteiger partial charge in [0.2, 0.25) is 0 Å². The van der Waals surface area contributed by atoms with Gasteiger partial charge in [0, 0.05) is 44.6 Å². The molecular weight excluding hydrogens is 306 g/mol. The molecule has 0 aromatic carbocycles. The average molecular weight is 325 g/mol. The first-order valence-electron chi connectivity index (χ1n) is 7.90. The van der Waals surface area contributed by atoms with Crippen molar-refractivity contribution >= 4 is 27.4 Å². The smallest absolute Gasteiger partial charge is 0.140 e. The normalized spacial score (nSPS) is 17.5. The van der Waals surface area contributed by atoms with Crippen molar-refractivity contribution in [1.29, 1.82) is 0 Å². The minimum atomic E-state index is 0.400. The van der Waals surface area contributed by atoms with Gasteiger partial charge < -0.3 is 4.90 Å². The van der Waals surface area contributed by atoms with Crippen LogP contribution in [0.2, 0.25) is 0 Å². The number of anilines is 1. The zero-order chi connectivity index (χ0) is 15.6. The third kappa shape index (κ3) is 2.80. The first-order chi connectivity index (χ1) is 11.3. The summed E-state index contributed by atoms with van der Waals surface area (Å²) in [6, 6.07) is 6.69. The first kappa shape index (κ1) is 14.5. The summed E-state index contributed by atoms with van der Waals surface area (Å²) in [5, 5.41) is 3.26. The summed E-state index contributed by atoms with van der Waals surface area (Å²) in [6.07, 6.45) is 5.48. The van der Waals surface area contributed by atoms with E-state index in [-0.39, 0.29) is 0 Å². The van der Waals surface area contributed by atoms with Crippen LogP contribution in [0.15, 0.2) is 42.3 Å². The molecule has 6 heteroatoms. The van der Waals surface area contributed by atoms with Crippen LogP contribution >= 0.6 is 11.3 Å². The van der Waals surface area contributed by atoms with Crippen molar-refractivity contribution in [2.24, 2.45) is 0 Å². The van der Waals surface area contributed by atoms with Crippen LogP contribution in [0.5, 0.6) is 0 Å². The molecule has 0 spiro atoms. The lowest BCUT2D eigenvalue weighted by Crippen LogP contribution is -2.47. The van der Waals surface area contributed by atoms with E-state index in [1.165, 1.54) is 10.9 Å². The number of hydrogen-bond acceptors (Lipinski definition) is 6. The van der Waals surface area contributed by atoms with Gasteiger partial charge in [-0.15, -0.1) is 11.3 Å². The van der Waals surface area contributed by atoms with E-state index < -0.39 is 0 Å². The Hall–Kier alpha value is -2.05. The summed E-state index contributed by atoms with van der Waals surface area (Å²) in [7, 11) is 0. The van der Waals surface area contributed by atoms with Gasteiger partial charge in [-0.05, 0) is 30.0 Å². The van der Waals surface area contributed by atoms with Gasteiger partial charge in [-0.3, -0.25) is 9.88 Å². The maximum Gasteiger partial charge on any atom is 0.140 e. The maximum atomic E-state index is 4.52. The Balaban J connectivity index is 1.48. The van der Waals surface area contributed by atoms with E-state index in [2.05, 4.69) is 49.2 Å². The molecule has 118 valence electrons. The van der Waals surface area contributed by atoms with E-state index in [9.17, 15) is 0 Å². The van der Waals surface area contributed by atoms with Gasteiger partial charge in [0.25, 0.3) is 0 Å². The fourth-order valence-electron chi connectivity index (χ4n) is 3.18. The van der Waals surface area contributed by atoms with Gasteiger partial charge in [-0.2, -0.15) is 0 Å². The van der Waals surface area contributed by atoms with Gasteiger partial charge in [0.1, 0.15) is 17.0 Å². The second kappa shape index (κ2) is 6.22. The summed E-state index contributed by atoms with van der Waals surface area (Å²) < 4.78 is 0. The summed E-state index contributed by atoms with van der Waals surface area (Å²) >= 11 is 1.67. The number of nitrogens with zero attached hydrogens (tertiary/aromatic N) is 5. The Labute approximate surface area is 139 Å². The van der Waals surface area contributed by atoms with Gasteiger partial charge in [-0.1, -0.05) is 6.07 Å². The predicted molar refractivity (Wildman–Crippen MR) is 93.9 cm³/mol. The van der Waals surface area contributed by atoms with Crippen LogP contribution < -0.4 is 4.90 Å². The SMILES string of the molecule is CC(c1cccnc1)N1CCN(c2ncnc3sccc23)CC1. The molecule has 3 aromatic heterocycles. The number of rotatable bonds is 3. The number of hydrogen-bond donors (Lipinski definition) is 0. The molecule has 0 N–H and O–H groups in total.